The van der Waals surface area contributed by atoms with Crippen LogP contribution >= 0.6 is 0 Å². The Kier molecular flexibility index (Phi) is 7.16. The van der Waals surface area contributed by atoms with Gasteiger partial charge in [0.2, 0.25) is 5.91 Å². The number of alkyl halides is 2. The molecular formula is C19H24F2N4O5. The Labute approximate surface area is 171 Å². The molecule has 4 N–H and O–H groups in total. The molecule has 0 unspecified atom stereocenters. The molecule has 1 saturated heterocycles. The standard InChI is InChI=1S/C19H24F2N4O5/c20-19(21)30-14-8-12(25-6-7-29-10-15(25)26)4-5-13(14)24-18(28)16(17(22)27)23-9-11-2-1-3-11/h4-5,8,11,16,19,23H,1-3,6-7,9-10H2,(H2,22,27)(H,24,28)/t16-/m1/s1. The van der Waals surface area contributed by atoms with Crippen molar-refractivity contribution in [1.82, 2.24) is 5.32 Å². The molecule has 2 aliphatic rings. The predicted molar refractivity (Wildman–Crippen MR) is 103 cm³/mol. The van der Waals surface area contributed by atoms with E-state index in [9.17, 15) is 23.2 Å². The van der Waals surface area contributed by atoms with Gasteiger partial charge in [-0.05, 0) is 37.4 Å². The SMILES string of the molecule is NC(=O)[C@@H](NCC1CCC1)C(=O)Nc1ccc(N2CCOCC2=O)cc1OC(F)F. The lowest BCUT2D eigenvalue weighted by Crippen LogP contribution is -2.51. The zero-order valence-electron chi connectivity index (χ0n) is 16.2. The van der Waals surface area contributed by atoms with Crippen LogP contribution in [0.3, 0.4) is 0 Å². The van der Waals surface area contributed by atoms with Crippen LogP contribution in [0.15, 0.2) is 18.2 Å². The number of anilines is 2. The van der Waals surface area contributed by atoms with E-state index in [1.807, 2.05) is 0 Å². The summed E-state index contributed by atoms with van der Waals surface area (Å²) >= 11 is 0. The normalized spacial score (nSPS) is 18.1. The minimum absolute atomic E-state index is 0.0681. The molecule has 30 heavy (non-hydrogen) atoms. The van der Waals surface area contributed by atoms with E-state index >= 15 is 0 Å². The molecule has 3 rings (SSSR count). The zero-order chi connectivity index (χ0) is 21.7. The molecule has 11 heteroatoms. The van der Waals surface area contributed by atoms with Crippen LogP contribution in [0.4, 0.5) is 20.2 Å². The number of benzene rings is 1. The van der Waals surface area contributed by atoms with Gasteiger partial charge in [-0.25, -0.2) is 0 Å². The van der Waals surface area contributed by atoms with E-state index in [0.717, 1.165) is 19.3 Å². The Balaban J connectivity index is 1.76. The van der Waals surface area contributed by atoms with Gasteiger partial charge in [-0.2, -0.15) is 8.78 Å². The maximum absolute atomic E-state index is 12.9. The molecule has 0 bridgehead atoms. The number of morpholine rings is 1. The van der Waals surface area contributed by atoms with Gasteiger partial charge in [-0.3, -0.25) is 19.7 Å². The van der Waals surface area contributed by atoms with Gasteiger partial charge < -0.3 is 25.4 Å². The number of nitrogens with two attached hydrogens (primary N) is 1. The van der Waals surface area contributed by atoms with Crippen LogP contribution < -0.4 is 26.0 Å². The summed E-state index contributed by atoms with van der Waals surface area (Å²) in [7, 11) is 0. The van der Waals surface area contributed by atoms with E-state index in [0.29, 0.717) is 24.8 Å². The van der Waals surface area contributed by atoms with Gasteiger partial charge in [0.1, 0.15) is 6.61 Å². The largest absolute Gasteiger partial charge is 0.433 e. The highest BCUT2D eigenvalue weighted by molar-refractivity contribution is 6.10. The third kappa shape index (κ3) is 5.42. The molecule has 2 fully saturated rings. The van der Waals surface area contributed by atoms with Gasteiger partial charge in [-0.1, -0.05) is 6.42 Å². The number of carbonyl (C=O) groups excluding carboxylic acids is 3. The summed E-state index contributed by atoms with van der Waals surface area (Å²) in [5.41, 5.74) is 5.58. The zero-order valence-corrected chi connectivity index (χ0v) is 16.2. The van der Waals surface area contributed by atoms with Crippen molar-refractivity contribution in [3.8, 4) is 5.75 Å². The molecule has 1 aliphatic heterocycles. The van der Waals surface area contributed by atoms with Crippen molar-refractivity contribution in [3.05, 3.63) is 18.2 Å². The first kappa shape index (κ1) is 21.9. The molecule has 0 spiro atoms. The number of nitrogens with zero attached hydrogens (tertiary/aromatic N) is 1. The van der Waals surface area contributed by atoms with Crippen molar-refractivity contribution in [2.45, 2.75) is 31.9 Å². The summed E-state index contributed by atoms with van der Waals surface area (Å²) in [5, 5.41) is 5.24. The average Bonchev–Trinajstić information content (AvgIpc) is 2.64. The fourth-order valence-electron chi connectivity index (χ4n) is 3.28. The van der Waals surface area contributed by atoms with E-state index in [1.54, 1.807) is 0 Å². The first-order valence-electron chi connectivity index (χ1n) is 9.65. The molecular weight excluding hydrogens is 402 g/mol. The lowest BCUT2D eigenvalue weighted by molar-refractivity contribution is -0.128. The van der Waals surface area contributed by atoms with Gasteiger partial charge in [0.05, 0.1) is 12.3 Å². The number of halogens is 2. The monoisotopic (exact) mass is 426 g/mol. The van der Waals surface area contributed by atoms with E-state index in [2.05, 4.69) is 15.4 Å². The molecule has 1 heterocycles. The molecule has 164 valence electrons. The number of primary amides is 1. The Morgan fingerprint density at radius 3 is 2.70 bits per heavy atom. The molecule has 1 atom stereocenters. The summed E-state index contributed by atoms with van der Waals surface area (Å²) in [6, 6.07) is 2.73. The van der Waals surface area contributed by atoms with E-state index in [-0.39, 0.29) is 30.5 Å². The molecule has 1 aromatic rings. The summed E-state index contributed by atoms with van der Waals surface area (Å²) in [4.78, 5) is 37.6. The van der Waals surface area contributed by atoms with Crippen molar-refractivity contribution < 1.29 is 32.6 Å². The highest BCUT2D eigenvalue weighted by Gasteiger charge is 2.28. The van der Waals surface area contributed by atoms with Crippen LogP contribution in [0.5, 0.6) is 5.75 Å². The molecule has 1 saturated carbocycles. The van der Waals surface area contributed by atoms with Crippen molar-refractivity contribution >= 4 is 29.1 Å². The Morgan fingerprint density at radius 2 is 2.10 bits per heavy atom. The minimum Gasteiger partial charge on any atom is -0.433 e. The fraction of sp³-hybridized carbons (Fsp3) is 0.526. The number of hydrogen-bond donors (Lipinski definition) is 3. The highest BCUT2D eigenvalue weighted by atomic mass is 19.3. The molecule has 1 aromatic carbocycles. The van der Waals surface area contributed by atoms with Crippen LogP contribution in [-0.2, 0) is 19.1 Å². The van der Waals surface area contributed by atoms with Gasteiger partial charge in [0.15, 0.2) is 11.8 Å². The average molecular weight is 426 g/mol. The van der Waals surface area contributed by atoms with Crippen LogP contribution in [0, 0.1) is 5.92 Å². The summed E-state index contributed by atoms with van der Waals surface area (Å²) in [6.07, 6.45) is 3.12. The number of rotatable bonds is 9. The maximum Gasteiger partial charge on any atom is 0.387 e. The first-order valence-corrected chi connectivity index (χ1v) is 9.65. The number of carbonyl (C=O) groups is 3. The van der Waals surface area contributed by atoms with E-state index in [4.69, 9.17) is 10.5 Å². The van der Waals surface area contributed by atoms with Crippen LogP contribution in [-0.4, -0.2) is 56.7 Å². The Bertz CT molecular complexity index is 803. The Hall–Kier alpha value is -2.79. The van der Waals surface area contributed by atoms with Crippen LogP contribution in [0.2, 0.25) is 0 Å². The third-order valence-electron chi connectivity index (χ3n) is 5.12. The van der Waals surface area contributed by atoms with Crippen molar-refractivity contribution in [2.24, 2.45) is 11.7 Å². The van der Waals surface area contributed by atoms with Crippen LogP contribution in [0.25, 0.3) is 0 Å². The molecule has 9 nitrogen and oxygen atoms in total. The highest BCUT2D eigenvalue weighted by Crippen LogP contribution is 2.32. The predicted octanol–water partition coefficient (Wildman–Crippen LogP) is 0.833. The number of hydrogen-bond acceptors (Lipinski definition) is 6. The van der Waals surface area contributed by atoms with Gasteiger partial charge in [-0.15, -0.1) is 0 Å². The van der Waals surface area contributed by atoms with Crippen LogP contribution in [0.1, 0.15) is 19.3 Å². The van der Waals surface area contributed by atoms with Crippen molar-refractivity contribution in [3.63, 3.8) is 0 Å². The number of nitrogens with one attached hydrogen (secondary N) is 2. The topological polar surface area (TPSA) is 123 Å². The summed E-state index contributed by atoms with van der Waals surface area (Å²) in [6.45, 7) is -2.24. The van der Waals surface area contributed by atoms with E-state index in [1.165, 1.54) is 23.1 Å². The molecule has 1 aliphatic carbocycles. The third-order valence-corrected chi connectivity index (χ3v) is 5.12. The summed E-state index contributed by atoms with van der Waals surface area (Å²) < 4.78 is 35.4. The second kappa shape index (κ2) is 9.81. The quantitative estimate of drug-likeness (QED) is 0.503. The van der Waals surface area contributed by atoms with Crippen molar-refractivity contribution in [1.29, 1.82) is 0 Å². The molecule has 0 radical (unpaired) electrons. The second-order valence-electron chi connectivity index (χ2n) is 7.19. The van der Waals surface area contributed by atoms with Gasteiger partial charge >= 0.3 is 6.61 Å². The smallest absolute Gasteiger partial charge is 0.387 e. The van der Waals surface area contributed by atoms with Crippen molar-refractivity contribution in [2.75, 3.05) is 36.5 Å². The number of amides is 3. The molecule has 0 aromatic heterocycles. The molecule has 3 amide bonds. The number of ether oxygens (including phenoxy) is 2. The Morgan fingerprint density at radius 1 is 1.33 bits per heavy atom. The lowest BCUT2D eigenvalue weighted by Gasteiger charge is -2.28. The maximum atomic E-state index is 12.9. The fourth-order valence-corrected chi connectivity index (χ4v) is 3.28. The minimum atomic E-state index is -3.15. The first-order chi connectivity index (χ1) is 14.3. The lowest BCUT2D eigenvalue weighted by atomic mass is 9.85. The second-order valence-corrected chi connectivity index (χ2v) is 7.19. The van der Waals surface area contributed by atoms with E-state index < -0.39 is 24.5 Å². The summed E-state index contributed by atoms with van der Waals surface area (Å²) in [5.74, 6) is -1.94. The van der Waals surface area contributed by atoms with Gasteiger partial charge in [0, 0.05) is 18.3 Å². The van der Waals surface area contributed by atoms with Gasteiger partial charge in [0.25, 0.3) is 11.8 Å².